The van der Waals surface area contributed by atoms with Gasteiger partial charge in [0.25, 0.3) is 0 Å². The molecular weight excluding hydrogens is 318 g/mol. The van der Waals surface area contributed by atoms with Gasteiger partial charge in [0.05, 0.1) is 13.0 Å². The van der Waals surface area contributed by atoms with Crippen LogP contribution in [0, 0.1) is 0 Å². The van der Waals surface area contributed by atoms with E-state index in [0.29, 0.717) is 19.1 Å². The second kappa shape index (κ2) is 5.83. The van der Waals surface area contributed by atoms with E-state index in [-0.39, 0.29) is 5.91 Å². The molecule has 2 aromatic rings. The Kier molecular flexibility index (Phi) is 3.92. The predicted octanol–water partition coefficient (Wildman–Crippen LogP) is 3.65. The molecular formula is C16H16BrNO2. The lowest BCUT2D eigenvalue weighted by Gasteiger charge is -2.08. The van der Waals surface area contributed by atoms with Gasteiger partial charge in [0.15, 0.2) is 0 Å². The van der Waals surface area contributed by atoms with Crippen molar-refractivity contribution in [2.45, 2.75) is 25.3 Å². The summed E-state index contributed by atoms with van der Waals surface area (Å²) in [5, 5.41) is 5.25. The van der Waals surface area contributed by atoms with E-state index in [2.05, 4.69) is 27.3 Å². The fourth-order valence-electron chi connectivity index (χ4n) is 2.07. The van der Waals surface area contributed by atoms with E-state index >= 15 is 0 Å². The van der Waals surface area contributed by atoms with Gasteiger partial charge in [-0.1, -0.05) is 28.1 Å². The standard InChI is InChI=1S/C16H16BrNO2/c17-13-3-1-12-10-15(6-2-11(12)9-13)20-8-7-16(19)18-14-4-5-14/h1-3,6,9-10,14H,4-5,7-8H2,(H,18,19). The first kappa shape index (κ1) is 13.4. The Labute approximate surface area is 126 Å². The molecule has 4 heteroatoms. The van der Waals surface area contributed by atoms with E-state index < -0.39 is 0 Å². The number of ether oxygens (including phenoxy) is 1. The molecule has 0 aromatic heterocycles. The molecule has 1 saturated carbocycles. The van der Waals surface area contributed by atoms with Crippen molar-refractivity contribution in [1.29, 1.82) is 0 Å². The second-order valence-electron chi connectivity index (χ2n) is 5.09. The highest BCUT2D eigenvalue weighted by atomic mass is 79.9. The lowest BCUT2D eigenvalue weighted by molar-refractivity contribution is -0.121. The Morgan fingerprint density at radius 3 is 2.75 bits per heavy atom. The van der Waals surface area contributed by atoms with Gasteiger partial charge in [0.2, 0.25) is 5.91 Å². The van der Waals surface area contributed by atoms with Gasteiger partial charge in [-0.15, -0.1) is 0 Å². The molecule has 0 bridgehead atoms. The van der Waals surface area contributed by atoms with Crippen LogP contribution < -0.4 is 10.1 Å². The van der Waals surface area contributed by atoms with E-state index in [0.717, 1.165) is 28.5 Å². The number of amides is 1. The van der Waals surface area contributed by atoms with Crippen molar-refractivity contribution in [3.05, 3.63) is 40.9 Å². The minimum atomic E-state index is 0.0808. The molecule has 1 N–H and O–H groups in total. The van der Waals surface area contributed by atoms with Crippen LogP contribution in [0.25, 0.3) is 10.8 Å². The maximum Gasteiger partial charge on any atom is 0.223 e. The molecule has 20 heavy (non-hydrogen) atoms. The summed E-state index contributed by atoms with van der Waals surface area (Å²) < 4.78 is 6.71. The summed E-state index contributed by atoms with van der Waals surface area (Å²) >= 11 is 3.46. The number of carbonyl (C=O) groups excluding carboxylic acids is 1. The SMILES string of the molecule is O=C(CCOc1ccc2cc(Br)ccc2c1)NC1CC1. The molecule has 0 atom stereocenters. The summed E-state index contributed by atoms with van der Waals surface area (Å²) in [5.74, 6) is 0.885. The van der Waals surface area contributed by atoms with Gasteiger partial charge < -0.3 is 10.1 Å². The number of hydrogen-bond donors (Lipinski definition) is 1. The number of carbonyl (C=O) groups is 1. The smallest absolute Gasteiger partial charge is 0.223 e. The molecule has 0 radical (unpaired) electrons. The molecule has 1 aliphatic carbocycles. The summed E-state index contributed by atoms with van der Waals surface area (Å²) in [5.41, 5.74) is 0. The van der Waals surface area contributed by atoms with Gasteiger partial charge in [0.1, 0.15) is 5.75 Å². The highest BCUT2D eigenvalue weighted by molar-refractivity contribution is 9.10. The largest absolute Gasteiger partial charge is 0.493 e. The normalized spacial score (nSPS) is 14.2. The van der Waals surface area contributed by atoms with E-state index in [1.165, 1.54) is 5.39 Å². The molecule has 1 fully saturated rings. The Balaban J connectivity index is 1.56. The molecule has 2 aromatic carbocycles. The first-order valence-corrected chi connectivity index (χ1v) is 7.61. The first-order valence-electron chi connectivity index (χ1n) is 6.82. The van der Waals surface area contributed by atoms with Crippen LogP contribution in [0.2, 0.25) is 0 Å². The third kappa shape index (κ3) is 3.51. The number of fused-ring (bicyclic) bond motifs is 1. The summed E-state index contributed by atoms with van der Waals surface area (Å²) in [6, 6.07) is 12.5. The molecule has 0 unspecified atom stereocenters. The Morgan fingerprint density at radius 1 is 1.20 bits per heavy atom. The first-order chi connectivity index (χ1) is 9.70. The molecule has 1 amide bonds. The summed E-state index contributed by atoms with van der Waals surface area (Å²) in [7, 11) is 0. The molecule has 0 saturated heterocycles. The van der Waals surface area contributed by atoms with E-state index in [1.54, 1.807) is 0 Å². The van der Waals surface area contributed by atoms with Gasteiger partial charge in [-0.25, -0.2) is 0 Å². The summed E-state index contributed by atoms with van der Waals surface area (Å²) in [6.07, 6.45) is 2.65. The monoisotopic (exact) mass is 333 g/mol. The number of halogens is 1. The van der Waals surface area contributed by atoms with Crippen LogP contribution in [0.4, 0.5) is 0 Å². The highest BCUT2D eigenvalue weighted by Crippen LogP contribution is 2.24. The van der Waals surface area contributed by atoms with Gasteiger partial charge >= 0.3 is 0 Å². The Hall–Kier alpha value is -1.55. The molecule has 0 spiro atoms. The van der Waals surface area contributed by atoms with E-state index in [4.69, 9.17) is 4.74 Å². The van der Waals surface area contributed by atoms with Crippen LogP contribution in [-0.4, -0.2) is 18.6 Å². The zero-order valence-corrected chi connectivity index (χ0v) is 12.7. The quantitative estimate of drug-likeness (QED) is 0.906. The van der Waals surface area contributed by atoms with Crippen LogP contribution in [0.3, 0.4) is 0 Å². The maximum atomic E-state index is 11.5. The third-order valence-corrected chi connectivity index (χ3v) is 3.81. The van der Waals surface area contributed by atoms with E-state index in [9.17, 15) is 4.79 Å². The van der Waals surface area contributed by atoms with Crippen molar-refractivity contribution >= 4 is 32.6 Å². The van der Waals surface area contributed by atoms with Crippen molar-refractivity contribution in [2.24, 2.45) is 0 Å². The summed E-state index contributed by atoms with van der Waals surface area (Å²) in [4.78, 5) is 11.5. The zero-order valence-electron chi connectivity index (χ0n) is 11.1. The topological polar surface area (TPSA) is 38.3 Å². The van der Waals surface area contributed by atoms with Crippen molar-refractivity contribution in [1.82, 2.24) is 5.32 Å². The average Bonchev–Trinajstić information content (AvgIpc) is 3.23. The van der Waals surface area contributed by atoms with E-state index in [1.807, 2.05) is 30.3 Å². The van der Waals surface area contributed by atoms with Crippen LogP contribution in [0.5, 0.6) is 5.75 Å². The molecule has 3 nitrogen and oxygen atoms in total. The number of nitrogens with one attached hydrogen (secondary N) is 1. The van der Waals surface area contributed by atoms with Crippen LogP contribution in [-0.2, 0) is 4.79 Å². The average molecular weight is 334 g/mol. The fourth-order valence-corrected chi connectivity index (χ4v) is 2.45. The molecule has 0 heterocycles. The molecule has 3 rings (SSSR count). The van der Waals surface area contributed by atoms with Gasteiger partial charge in [-0.05, 0) is 47.9 Å². The fraction of sp³-hybridized carbons (Fsp3) is 0.312. The van der Waals surface area contributed by atoms with Gasteiger partial charge in [-0.2, -0.15) is 0 Å². The minimum Gasteiger partial charge on any atom is -0.493 e. The van der Waals surface area contributed by atoms with Crippen LogP contribution >= 0.6 is 15.9 Å². The summed E-state index contributed by atoms with van der Waals surface area (Å²) in [6.45, 7) is 0.417. The number of rotatable bonds is 5. The second-order valence-corrected chi connectivity index (χ2v) is 6.01. The predicted molar refractivity (Wildman–Crippen MR) is 82.9 cm³/mol. The van der Waals surface area contributed by atoms with Crippen LogP contribution in [0.1, 0.15) is 19.3 Å². The zero-order chi connectivity index (χ0) is 13.9. The van der Waals surface area contributed by atoms with Crippen molar-refractivity contribution in [2.75, 3.05) is 6.61 Å². The minimum absolute atomic E-state index is 0.0808. The Bertz CT molecular complexity index is 637. The lowest BCUT2D eigenvalue weighted by Crippen LogP contribution is -2.26. The van der Waals surface area contributed by atoms with Crippen molar-refractivity contribution in [3.63, 3.8) is 0 Å². The lowest BCUT2D eigenvalue weighted by atomic mass is 10.1. The van der Waals surface area contributed by atoms with Gasteiger partial charge in [-0.3, -0.25) is 4.79 Å². The molecule has 104 valence electrons. The Morgan fingerprint density at radius 2 is 1.95 bits per heavy atom. The van der Waals surface area contributed by atoms with Gasteiger partial charge in [0, 0.05) is 10.5 Å². The highest BCUT2D eigenvalue weighted by Gasteiger charge is 2.22. The van der Waals surface area contributed by atoms with Crippen molar-refractivity contribution < 1.29 is 9.53 Å². The maximum absolute atomic E-state index is 11.5. The molecule has 0 aliphatic heterocycles. The third-order valence-electron chi connectivity index (χ3n) is 3.31. The number of benzene rings is 2. The number of hydrogen-bond acceptors (Lipinski definition) is 2. The van der Waals surface area contributed by atoms with Crippen LogP contribution in [0.15, 0.2) is 40.9 Å². The molecule has 1 aliphatic rings. The van der Waals surface area contributed by atoms with Crippen molar-refractivity contribution in [3.8, 4) is 5.75 Å².